The van der Waals surface area contributed by atoms with Gasteiger partial charge in [-0.25, -0.2) is 0 Å². The van der Waals surface area contributed by atoms with Crippen LogP contribution in [0.25, 0.3) is 0 Å². The zero-order valence-corrected chi connectivity index (χ0v) is 10.8. The van der Waals surface area contributed by atoms with Gasteiger partial charge in [-0.2, -0.15) is 0 Å². The van der Waals surface area contributed by atoms with E-state index in [1.54, 1.807) is 0 Å². The highest BCUT2D eigenvalue weighted by molar-refractivity contribution is 5.90. The summed E-state index contributed by atoms with van der Waals surface area (Å²) >= 11 is 0. The van der Waals surface area contributed by atoms with Crippen LogP contribution in [0.5, 0.6) is 5.75 Å². The predicted molar refractivity (Wildman–Crippen MR) is 70.3 cm³/mol. The first-order valence-electron chi connectivity index (χ1n) is 6.14. The molecule has 1 aromatic rings. The molecule has 0 radical (unpaired) electrons. The van der Waals surface area contributed by atoms with Crippen molar-refractivity contribution in [3.63, 3.8) is 0 Å². The van der Waals surface area contributed by atoms with E-state index in [0.29, 0.717) is 18.9 Å². The third-order valence-electron chi connectivity index (χ3n) is 2.20. The molecule has 1 amide bonds. The fourth-order valence-corrected chi connectivity index (χ4v) is 1.35. The molecule has 0 unspecified atom stereocenters. The van der Waals surface area contributed by atoms with E-state index in [4.69, 9.17) is 4.74 Å². The van der Waals surface area contributed by atoms with Crippen molar-refractivity contribution in [2.75, 3.05) is 11.9 Å². The summed E-state index contributed by atoms with van der Waals surface area (Å²) in [4.78, 5) is 11.4. The van der Waals surface area contributed by atoms with Crippen molar-refractivity contribution in [3.05, 3.63) is 24.3 Å². The van der Waals surface area contributed by atoms with Gasteiger partial charge in [-0.15, -0.1) is 0 Å². The Morgan fingerprint density at radius 2 is 1.94 bits per heavy atom. The number of amides is 1. The number of benzene rings is 1. The predicted octanol–water partition coefficient (Wildman–Crippen LogP) is 3.46. The second-order valence-corrected chi connectivity index (χ2v) is 4.53. The van der Waals surface area contributed by atoms with E-state index in [-0.39, 0.29) is 5.91 Å². The molecule has 0 saturated heterocycles. The average molecular weight is 235 g/mol. The minimum Gasteiger partial charge on any atom is -0.493 e. The summed E-state index contributed by atoms with van der Waals surface area (Å²) < 4.78 is 5.56. The number of carbonyl (C=O) groups is 1. The van der Waals surface area contributed by atoms with Crippen molar-refractivity contribution >= 4 is 11.6 Å². The third-order valence-corrected chi connectivity index (χ3v) is 2.20. The van der Waals surface area contributed by atoms with Crippen LogP contribution in [-0.4, -0.2) is 12.5 Å². The largest absolute Gasteiger partial charge is 0.493 e. The molecule has 3 nitrogen and oxygen atoms in total. The van der Waals surface area contributed by atoms with Crippen LogP contribution >= 0.6 is 0 Å². The molecular formula is C14H21NO2. The third kappa shape index (κ3) is 5.38. The summed E-state index contributed by atoms with van der Waals surface area (Å²) in [6.45, 7) is 6.92. The summed E-state index contributed by atoms with van der Waals surface area (Å²) in [5, 5.41) is 2.84. The highest BCUT2D eigenvalue weighted by atomic mass is 16.5. The van der Waals surface area contributed by atoms with Crippen LogP contribution < -0.4 is 10.1 Å². The number of anilines is 1. The molecule has 3 heteroatoms. The standard InChI is InChI=1S/C14H21NO2/c1-4-5-14(16)15-12-6-8-13(9-7-12)17-10-11(2)3/h6-9,11H,4-5,10H2,1-3H3,(H,15,16). The van der Waals surface area contributed by atoms with Crippen molar-refractivity contribution in [1.82, 2.24) is 0 Å². The lowest BCUT2D eigenvalue weighted by Gasteiger charge is -2.09. The molecule has 0 saturated carbocycles. The maximum atomic E-state index is 11.4. The van der Waals surface area contributed by atoms with Crippen LogP contribution in [0, 0.1) is 5.92 Å². The van der Waals surface area contributed by atoms with Crippen LogP contribution in [0.4, 0.5) is 5.69 Å². The number of ether oxygens (including phenoxy) is 1. The fraction of sp³-hybridized carbons (Fsp3) is 0.500. The molecule has 94 valence electrons. The average Bonchev–Trinajstić information content (AvgIpc) is 2.28. The van der Waals surface area contributed by atoms with Gasteiger partial charge in [-0.1, -0.05) is 20.8 Å². The van der Waals surface area contributed by atoms with Gasteiger partial charge in [0.15, 0.2) is 0 Å². The maximum Gasteiger partial charge on any atom is 0.224 e. The van der Waals surface area contributed by atoms with Crippen molar-refractivity contribution < 1.29 is 9.53 Å². The monoisotopic (exact) mass is 235 g/mol. The minimum atomic E-state index is 0.0587. The van der Waals surface area contributed by atoms with E-state index in [9.17, 15) is 4.79 Å². The van der Waals surface area contributed by atoms with Crippen LogP contribution in [-0.2, 0) is 4.79 Å². The zero-order chi connectivity index (χ0) is 12.7. The van der Waals surface area contributed by atoms with Gasteiger partial charge in [0, 0.05) is 12.1 Å². The smallest absolute Gasteiger partial charge is 0.224 e. The molecule has 0 atom stereocenters. The van der Waals surface area contributed by atoms with E-state index >= 15 is 0 Å². The molecule has 1 rings (SSSR count). The van der Waals surface area contributed by atoms with Gasteiger partial charge in [0.1, 0.15) is 5.75 Å². The quantitative estimate of drug-likeness (QED) is 0.820. The van der Waals surface area contributed by atoms with Crippen molar-refractivity contribution in [1.29, 1.82) is 0 Å². The zero-order valence-electron chi connectivity index (χ0n) is 10.8. The first-order chi connectivity index (χ1) is 8.11. The molecule has 0 spiro atoms. The highest BCUT2D eigenvalue weighted by Crippen LogP contribution is 2.16. The van der Waals surface area contributed by atoms with Gasteiger partial charge < -0.3 is 10.1 Å². The highest BCUT2D eigenvalue weighted by Gasteiger charge is 2.01. The normalized spacial score (nSPS) is 10.4. The Morgan fingerprint density at radius 1 is 1.29 bits per heavy atom. The van der Waals surface area contributed by atoms with E-state index in [1.807, 2.05) is 31.2 Å². The molecule has 0 bridgehead atoms. The Hall–Kier alpha value is -1.51. The molecule has 0 fully saturated rings. The Morgan fingerprint density at radius 3 is 2.47 bits per heavy atom. The van der Waals surface area contributed by atoms with E-state index in [0.717, 1.165) is 17.9 Å². The minimum absolute atomic E-state index is 0.0587. The Balaban J connectivity index is 2.47. The first kappa shape index (κ1) is 13.6. The second-order valence-electron chi connectivity index (χ2n) is 4.53. The Kier molecular flexibility index (Phi) is 5.53. The molecule has 1 aromatic carbocycles. The first-order valence-corrected chi connectivity index (χ1v) is 6.14. The van der Waals surface area contributed by atoms with Crippen LogP contribution in [0.1, 0.15) is 33.6 Å². The lowest BCUT2D eigenvalue weighted by Crippen LogP contribution is -2.10. The summed E-state index contributed by atoms with van der Waals surface area (Å²) in [7, 11) is 0. The summed E-state index contributed by atoms with van der Waals surface area (Å²) in [5.41, 5.74) is 0.820. The number of nitrogens with one attached hydrogen (secondary N) is 1. The van der Waals surface area contributed by atoms with Crippen LogP contribution in [0.2, 0.25) is 0 Å². The number of rotatable bonds is 6. The Labute approximate surface area is 103 Å². The fourth-order valence-electron chi connectivity index (χ4n) is 1.35. The number of hydrogen-bond donors (Lipinski definition) is 1. The van der Waals surface area contributed by atoms with Gasteiger partial charge in [-0.3, -0.25) is 4.79 Å². The van der Waals surface area contributed by atoms with Crippen LogP contribution in [0.15, 0.2) is 24.3 Å². The van der Waals surface area contributed by atoms with E-state index < -0.39 is 0 Å². The van der Waals surface area contributed by atoms with Gasteiger partial charge in [0.25, 0.3) is 0 Å². The molecule has 0 heterocycles. The van der Waals surface area contributed by atoms with Crippen molar-refractivity contribution in [2.24, 2.45) is 5.92 Å². The Bertz CT molecular complexity index is 344. The van der Waals surface area contributed by atoms with E-state index in [2.05, 4.69) is 19.2 Å². The molecular weight excluding hydrogens is 214 g/mol. The number of hydrogen-bond acceptors (Lipinski definition) is 2. The van der Waals surface area contributed by atoms with Crippen molar-refractivity contribution in [3.8, 4) is 5.75 Å². The number of carbonyl (C=O) groups excluding carboxylic acids is 1. The van der Waals surface area contributed by atoms with Crippen molar-refractivity contribution in [2.45, 2.75) is 33.6 Å². The van der Waals surface area contributed by atoms with E-state index in [1.165, 1.54) is 0 Å². The molecule has 17 heavy (non-hydrogen) atoms. The van der Waals surface area contributed by atoms with Gasteiger partial charge >= 0.3 is 0 Å². The van der Waals surface area contributed by atoms with Gasteiger partial charge in [-0.05, 0) is 36.6 Å². The molecule has 0 aromatic heterocycles. The molecule has 0 aliphatic heterocycles. The maximum absolute atomic E-state index is 11.4. The second kappa shape index (κ2) is 6.94. The summed E-state index contributed by atoms with van der Waals surface area (Å²) in [6.07, 6.45) is 1.42. The van der Waals surface area contributed by atoms with Gasteiger partial charge in [0.2, 0.25) is 5.91 Å². The summed E-state index contributed by atoms with van der Waals surface area (Å²) in [5.74, 6) is 1.41. The lowest BCUT2D eigenvalue weighted by molar-refractivity contribution is -0.116. The molecule has 0 aliphatic carbocycles. The summed E-state index contributed by atoms with van der Waals surface area (Å²) in [6, 6.07) is 7.49. The molecule has 0 aliphatic rings. The SMILES string of the molecule is CCCC(=O)Nc1ccc(OCC(C)C)cc1. The topological polar surface area (TPSA) is 38.3 Å². The molecule has 1 N–H and O–H groups in total. The van der Waals surface area contributed by atoms with Gasteiger partial charge in [0.05, 0.1) is 6.61 Å². The van der Waals surface area contributed by atoms with Crippen LogP contribution in [0.3, 0.4) is 0 Å². The lowest BCUT2D eigenvalue weighted by atomic mass is 10.2.